The van der Waals surface area contributed by atoms with E-state index in [0.29, 0.717) is 21.4 Å². The van der Waals surface area contributed by atoms with E-state index < -0.39 is 0 Å². The summed E-state index contributed by atoms with van der Waals surface area (Å²) in [7, 11) is 0. The molecule has 0 unspecified atom stereocenters. The molecule has 0 saturated heterocycles. The van der Waals surface area contributed by atoms with Crippen LogP contribution in [0.3, 0.4) is 0 Å². The lowest BCUT2D eigenvalue weighted by Gasteiger charge is -2.21. The summed E-state index contributed by atoms with van der Waals surface area (Å²) in [4.78, 5) is 25.4. The molecular formula is C17H16Cl2N2O2. The lowest BCUT2D eigenvalue weighted by Crippen LogP contribution is -2.36. The van der Waals surface area contributed by atoms with Crippen molar-refractivity contribution in [2.45, 2.75) is 13.8 Å². The quantitative estimate of drug-likeness (QED) is 0.893. The zero-order valence-corrected chi connectivity index (χ0v) is 14.3. The molecule has 2 aromatic rings. The third-order valence-corrected chi connectivity index (χ3v) is 4.03. The molecule has 4 nitrogen and oxygen atoms in total. The largest absolute Gasteiger partial charge is 0.323 e. The Labute approximate surface area is 145 Å². The number of hydrogen-bond acceptors (Lipinski definition) is 2. The minimum absolute atomic E-state index is 0.125. The van der Waals surface area contributed by atoms with Gasteiger partial charge in [0.15, 0.2) is 0 Å². The maximum absolute atomic E-state index is 12.2. The predicted molar refractivity (Wildman–Crippen MR) is 94.3 cm³/mol. The molecule has 2 amide bonds. The van der Waals surface area contributed by atoms with Crippen LogP contribution in [-0.2, 0) is 9.59 Å². The van der Waals surface area contributed by atoms with Crippen LogP contribution in [-0.4, -0.2) is 18.4 Å². The lowest BCUT2D eigenvalue weighted by molar-refractivity contribution is -0.120. The monoisotopic (exact) mass is 350 g/mol. The third kappa shape index (κ3) is 4.47. The van der Waals surface area contributed by atoms with Crippen molar-refractivity contribution in [2.24, 2.45) is 0 Å². The lowest BCUT2D eigenvalue weighted by atomic mass is 10.2. The van der Waals surface area contributed by atoms with E-state index in [4.69, 9.17) is 23.2 Å². The Balaban J connectivity index is 2.16. The van der Waals surface area contributed by atoms with Crippen molar-refractivity contribution in [1.82, 2.24) is 0 Å². The van der Waals surface area contributed by atoms with Crippen LogP contribution in [0.25, 0.3) is 0 Å². The molecule has 2 aromatic carbocycles. The summed E-state index contributed by atoms with van der Waals surface area (Å²) in [6.45, 7) is 3.14. The molecule has 1 N–H and O–H groups in total. The van der Waals surface area contributed by atoms with E-state index in [1.165, 1.54) is 11.8 Å². The third-order valence-electron chi connectivity index (χ3n) is 3.30. The van der Waals surface area contributed by atoms with E-state index >= 15 is 0 Å². The fourth-order valence-corrected chi connectivity index (χ4v) is 2.39. The first kappa shape index (κ1) is 17.3. The van der Waals surface area contributed by atoms with E-state index in [1.807, 2.05) is 6.92 Å². The van der Waals surface area contributed by atoms with Crippen molar-refractivity contribution in [2.75, 3.05) is 16.8 Å². The molecule has 0 heterocycles. The summed E-state index contributed by atoms with van der Waals surface area (Å²) >= 11 is 12.1. The van der Waals surface area contributed by atoms with Gasteiger partial charge >= 0.3 is 0 Å². The normalized spacial score (nSPS) is 10.3. The Kier molecular flexibility index (Phi) is 5.64. The Morgan fingerprint density at radius 1 is 1.09 bits per heavy atom. The van der Waals surface area contributed by atoms with Gasteiger partial charge < -0.3 is 10.2 Å². The average Bonchev–Trinajstić information content (AvgIpc) is 2.50. The number of nitrogens with zero attached hydrogens (tertiary/aromatic N) is 1. The maximum Gasteiger partial charge on any atom is 0.244 e. The number of anilines is 2. The van der Waals surface area contributed by atoms with Gasteiger partial charge in [0.05, 0.1) is 10.7 Å². The van der Waals surface area contributed by atoms with Gasteiger partial charge in [0.1, 0.15) is 6.54 Å². The zero-order chi connectivity index (χ0) is 17.0. The molecule has 23 heavy (non-hydrogen) atoms. The molecule has 0 fully saturated rings. The van der Waals surface area contributed by atoms with E-state index in [0.717, 1.165) is 5.56 Å². The van der Waals surface area contributed by atoms with Crippen LogP contribution in [0.2, 0.25) is 10.0 Å². The second-order valence-electron chi connectivity index (χ2n) is 5.07. The molecular weight excluding hydrogens is 335 g/mol. The van der Waals surface area contributed by atoms with Gasteiger partial charge in [0.2, 0.25) is 11.8 Å². The number of amides is 2. The highest BCUT2D eigenvalue weighted by atomic mass is 35.5. The first-order valence-corrected chi connectivity index (χ1v) is 7.72. The number of rotatable bonds is 4. The predicted octanol–water partition coefficient (Wildman–Crippen LogP) is 4.29. The van der Waals surface area contributed by atoms with E-state index in [-0.39, 0.29) is 18.4 Å². The summed E-state index contributed by atoms with van der Waals surface area (Å²) in [5, 5.41) is 3.67. The Bertz CT molecular complexity index is 747. The molecule has 2 rings (SSSR count). The number of aryl methyl sites for hydroxylation is 1. The van der Waals surface area contributed by atoms with Gasteiger partial charge in [-0.3, -0.25) is 9.59 Å². The van der Waals surface area contributed by atoms with Gasteiger partial charge in [-0.05, 0) is 36.8 Å². The minimum Gasteiger partial charge on any atom is -0.323 e. The van der Waals surface area contributed by atoms with Gasteiger partial charge in [0.25, 0.3) is 0 Å². The Morgan fingerprint density at radius 2 is 1.78 bits per heavy atom. The minimum atomic E-state index is -0.343. The maximum atomic E-state index is 12.2. The molecule has 0 aliphatic carbocycles. The molecule has 6 heteroatoms. The van der Waals surface area contributed by atoms with Crippen molar-refractivity contribution >= 4 is 46.4 Å². The number of hydrogen-bond donors (Lipinski definition) is 1. The second kappa shape index (κ2) is 7.49. The summed E-state index contributed by atoms with van der Waals surface area (Å²) in [5.74, 6) is -0.593. The Hall–Kier alpha value is -2.04. The second-order valence-corrected chi connectivity index (χ2v) is 5.88. The number of para-hydroxylation sites is 1. The highest BCUT2D eigenvalue weighted by Gasteiger charge is 2.17. The topological polar surface area (TPSA) is 49.4 Å². The molecule has 0 spiro atoms. The van der Waals surface area contributed by atoms with Crippen LogP contribution in [0.1, 0.15) is 12.5 Å². The SMILES string of the molecule is CC(=O)N(CC(=O)Nc1ccccc1Cl)c1ccc(C)c(Cl)c1. The van der Waals surface area contributed by atoms with Gasteiger partial charge in [-0.2, -0.15) is 0 Å². The number of carbonyl (C=O) groups is 2. The Morgan fingerprint density at radius 3 is 2.39 bits per heavy atom. The molecule has 0 radical (unpaired) electrons. The molecule has 0 aliphatic heterocycles. The van der Waals surface area contributed by atoms with Gasteiger partial charge in [-0.1, -0.05) is 41.4 Å². The summed E-state index contributed by atoms with van der Waals surface area (Å²) < 4.78 is 0. The molecule has 0 saturated carbocycles. The number of benzene rings is 2. The van der Waals surface area contributed by atoms with Crippen molar-refractivity contribution in [3.63, 3.8) is 0 Å². The van der Waals surface area contributed by atoms with Gasteiger partial charge in [-0.15, -0.1) is 0 Å². The van der Waals surface area contributed by atoms with Crippen molar-refractivity contribution in [1.29, 1.82) is 0 Å². The van der Waals surface area contributed by atoms with Crippen molar-refractivity contribution in [3.05, 3.63) is 58.1 Å². The number of halogens is 2. The van der Waals surface area contributed by atoms with Crippen molar-refractivity contribution < 1.29 is 9.59 Å². The first-order chi connectivity index (χ1) is 10.9. The summed E-state index contributed by atoms with van der Waals surface area (Å²) in [6.07, 6.45) is 0. The molecule has 0 bridgehead atoms. The smallest absolute Gasteiger partial charge is 0.244 e. The zero-order valence-electron chi connectivity index (χ0n) is 12.8. The van der Waals surface area contributed by atoms with Crippen LogP contribution < -0.4 is 10.2 Å². The van der Waals surface area contributed by atoms with Crippen LogP contribution in [0.15, 0.2) is 42.5 Å². The van der Waals surface area contributed by atoms with Crippen LogP contribution in [0.5, 0.6) is 0 Å². The average molecular weight is 351 g/mol. The van der Waals surface area contributed by atoms with Crippen LogP contribution in [0.4, 0.5) is 11.4 Å². The van der Waals surface area contributed by atoms with Gasteiger partial charge in [-0.25, -0.2) is 0 Å². The number of nitrogens with one attached hydrogen (secondary N) is 1. The van der Waals surface area contributed by atoms with E-state index in [1.54, 1.807) is 42.5 Å². The summed E-state index contributed by atoms with van der Waals surface area (Å²) in [6, 6.07) is 12.1. The summed E-state index contributed by atoms with van der Waals surface area (Å²) in [5.41, 5.74) is 1.98. The highest BCUT2D eigenvalue weighted by molar-refractivity contribution is 6.33. The van der Waals surface area contributed by atoms with E-state index in [9.17, 15) is 9.59 Å². The molecule has 120 valence electrons. The van der Waals surface area contributed by atoms with Crippen LogP contribution >= 0.6 is 23.2 Å². The highest BCUT2D eigenvalue weighted by Crippen LogP contribution is 2.24. The molecule has 0 atom stereocenters. The van der Waals surface area contributed by atoms with Gasteiger partial charge in [0, 0.05) is 17.6 Å². The van der Waals surface area contributed by atoms with Crippen molar-refractivity contribution in [3.8, 4) is 0 Å². The fourth-order valence-electron chi connectivity index (χ4n) is 2.03. The van der Waals surface area contributed by atoms with E-state index in [2.05, 4.69) is 5.32 Å². The molecule has 0 aromatic heterocycles. The standard InChI is InChI=1S/C17H16Cl2N2O2/c1-11-7-8-13(9-15(11)19)21(12(2)22)10-17(23)20-16-6-4-3-5-14(16)18/h3-9H,10H2,1-2H3,(H,20,23). The first-order valence-electron chi connectivity index (χ1n) is 6.97. The number of carbonyl (C=O) groups excluding carboxylic acids is 2. The van der Waals surface area contributed by atoms with Crippen LogP contribution in [0, 0.1) is 6.92 Å². The molecule has 0 aliphatic rings. The fraction of sp³-hybridized carbons (Fsp3) is 0.176.